The van der Waals surface area contributed by atoms with E-state index in [0.717, 1.165) is 24.6 Å². The van der Waals surface area contributed by atoms with Crippen LogP contribution in [0.2, 0.25) is 0 Å². The Kier molecular flexibility index (Phi) is 1.76. The van der Waals surface area contributed by atoms with Crippen LogP contribution in [0.25, 0.3) is 5.69 Å². The Balaban J connectivity index is 2.25. The molecule has 0 amide bonds. The predicted molar refractivity (Wildman–Crippen MR) is 58.5 cm³/mol. The highest BCUT2D eigenvalue weighted by Crippen LogP contribution is 2.21. The summed E-state index contributed by atoms with van der Waals surface area (Å²) in [4.78, 5) is 4.31. The molecule has 2 heterocycles. The highest BCUT2D eigenvalue weighted by molar-refractivity contribution is 5.52. The summed E-state index contributed by atoms with van der Waals surface area (Å²) in [6.07, 6.45) is 3.81. The number of nitrogens with two attached hydrogens (primary N) is 1. The number of anilines is 1. The van der Waals surface area contributed by atoms with Crippen LogP contribution in [-0.4, -0.2) is 9.55 Å². The highest BCUT2D eigenvalue weighted by atomic mass is 15.1. The van der Waals surface area contributed by atoms with Gasteiger partial charge in [-0.15, -0.1) is 0 Å². The van der Waals surface area contributed by atoms with Crippen molar-refractivity contribution in [3.05, 3.63) is 42.0 Å². The quantitative estimate of drug-likeness (QED) is 0.625. The Labute approximate surface area is 87.7 Å². The molecule has 0 spiro atoms. The van der Waals surface area contributed by atoms with Crippen molar-refractivity contribution in [2.24, 2.45) is 0 Å². The van der Waals surface area contributed by atoms with Crippen LogP contribution in [0.3, 0.4) is 0 Å². The van der Waals surface area contributed by atoms with Gasteiger partial charge in [0.25, 0.3) is 0 Å². The molecule has 0 saturated heterocycles. The molecule has 0 radical (unpaired) electrons. The summed E-state index contributed by atoms with van der Waals surface area (Å²) >= 11 is 0. The first kappa shape index (κ1) is 8.49. The molecule has 4 heteroatoms. The number of benzene rings is 1. The van der Waals surface area contributed by atoms with Crippen LogP contribution >= 0.6 is 0 Å². The second-order valence-electron chi connectivity index (χ2n) is 3.71. The van der Waals surface area contributed by atoms with E-state index in [1.807, 2.05) is 30.6 Å². The summed E-state index contributed by atoms with van der Waals surface area (Å²) in [6.45, 7) is 1.63. The van der Waals surface area contributed by atoms with Crippen molar-refractivity contribution in [2.75, 3.05) is 5.73 Å². The third kappa shape index (κ3) is 1.30. The molecule has 15 heavy (non-hydrogen) atoms. The summed E-state index contributed by atoms with van der Waals surface area (Å²) in [6, 6.07) is 5.98. The number of rotatable bonds is 0. The highest BCUT2D eigenvalue weighted by Gasteiger charge is 2.13. The van der Waals surface area contributed by atoms with Gasteiger partial charge in [0.2, 0.25) is 0 Å². The van der Waals surface area contributed by atoms with E-state index in [2.05, 4.69) is 14.9 Å². The first-order valence-corrected chi connectivity index (χ1v) is 4.96. The summed E-state index contributed by atoms with van der Waals surface area (Å²) in [7, 11) is 0. The lowest BCUT2D eigenvalue weighted by Gasteiger charge is -2.08. The van der Waals surface area contributed by atoms with Gasteiger partial charge in [-0.05, 0) is 23.8 Å². The molecule has 0 aliphatic carbocycles. The molecular weight excluding hydrogens is 188 g/mol. The third-order valence-corrected chi connectivity index (χ3v) is 2.68. The molecule has 4 nitrogen and oxygen atoms in total. The van der Waals surface area contributed by atoms with Gasteiger partial charge in [0.05, 0.1) is 12.2 Å². The number of nitrogen functional groups attached to an aromatic ring is 1. The van der Waals surface area contributed by atoms with E-state index in [1.165, 1.54) is 11.3 Å². The average Bonchev–Trinajstić information content (AvgIpc) is 2.61. The van der Waals surface area contributed by atoms with Gasteiger partial charge in [0, 0.05) is 24.6 Å². The molecule has 0 saturated carbocycles. The van der Waals surface area contributed by atoms with Crippen molar-refractivity contribution in [1.29, 1.82) is 0 Å². The fourth-order valence-electron chi connectivity index (χ4n) is 1.98. The first-order valence-electron chi connectivity index (χ1n) is 4.96. The van der Waals surface area contributed by atoms with Crippen LogP contribution in [-0.2, 0) is 13.1 Å². The fraction of sp³-hybridized carbons (Fsp3) is 0.182. The molecule has 76 valence electrons. The molecular formula is C11H12N4. The van der Waals surface area contributed by atoms with E-state index in [0.29, 0.717) is 0 Å². The topological polar surface area (TPSA) is 55.9 Å². The molecule has 1 aliphatic rings. The Morgan fingerprint density at radius 1 is 1.33 bits per heavy atom. The number of hydrogen-bond donors (Lipinski definition) is 2. The molecule has 1 aromatic carbocycles. The fourth-order valence-corrected chi connectivity index (χ4v) is 1.98. The van der Waals surface area contributed by atoms with Crippen LogP contribution in [0.15, 0.2) is 30.6 Å². The molecule has 3 N–H and O–H groups in total. The van der Waals surface area contributed by atoms with Gasteiger partial charge < -0.3 is 15.6 Å². The summed E-state index contributed by atoms with van der Waals surface area (Å²) in [5.74, 6) is 1.04. The van der Waals surface area contributed by atoms with E-state index in [-0.39, 0.29) is 0 Å². The zero-order chi connectivity index (χ0) is 10.3. The lowest BCUT2D eigenvalue weighted by molar-refractivity contribution is 0.678. The van der Waals surface area contributed by atoms with Crippen molar-refractivity contribution < 1.29 is 0 Å². The second-order valence-corrected chi connectivity index (χ2v) is 3.71. The van der Waals surface area contributed by atoms with Crippen LogP contribution in [0, 0.1) is 0 Å². The minimum Gasteiger partial charge on any atom is -0.399 e. The Hall–Kier alpha value is -1.81. The monoisotopic (exact) mass is 200 g/mol. The zero-order valence-electron chi connectivity index (χ0n) is 8.27. The largest absolute Gasteiger partial charge is 0.399 e. The van der Waals surface area contributed by atoms with Crippen molar-refractivity contribution in [2.45, 2.75) is 13.1 Å². The Morgan fingerprint density at radius 3 is 3.20 bits per heavy atom. The predicted octanol–water partition coefficient (Wildman–Crippen LogP) is 1.06. The van der Waals surface area contributed by atoms with Crippen LogP contribution in [0.5, 0.6) is 0 Å². The average molecular weight is 200 g/mol. The van der Waals surface area contributed by atoms with Crippen molar-refractivity contribution in [1.82, 2.24) is 14.9 Å². The van der Waals surface area contributed by atoms with E-state index in [4.69, 9.17) is 5.73 Å². The zero-order valence-corrected chi connectivity index (χ0v) is 8.27. The first-order chi connectivity index (χ1) is 7.34. The summed E-state index contributed by atoms with van der Waals surface area (Å²) in [5, 5.41) is 3.33. The molecule has 1 aromatic heterocycles. The molecule has 0 atom stereocenters. The van der Waals surface area contributed by atoms with Crippen molar-refractivity contribution >= 4 is 5.69 Å². The maximum absolute atomic E-state index is 5.78. The molecule has 2 aromatic rings. The second kappa shape index (κ2) is 3.10. The van der Waals surface area contributed by atoms with E-state index in [9.17, 15) is 0 Å². The van der Waals surface area contributed by atoms with Gasteiger partial charge in [-0.3, -0.25) is 0 Å². The lowest BCUT2D eigenvalue weighted by Crippen LogP contribution is -2.11. The molecule has 0 unspecified atom stereocenters. The van der Waals surface area contributed by atoms with Crippen LogP contribution in [0.1, 0.15) is 11.4 Å². The lowest BCUT2D eigenvalue weighted by atomic mass is 10.1. The van der Waals surface area contributed by atoms with Gasteiger partial charge in [0.15, 0.2) is 0 Å². The smallest absolute Gasteiger partial charge is 0.127 e. The minimum absolute atomic E-state index is 0.793. The normalized spacial score (nSPS) is 14.1. The standard InChI is InChI=1S/C11H12N4/c12-9-1-2-10-8(5-9)6-13-7-11-14-3-4-15(10)11/h1-5,13H,6-7,12H2. The van der Waals surface area contributed by atoms with Crippen LogP contribution in [0.4, 0.5) is 5.69 Å². The molecule has 0 bridgehead atoms. The maximum atomic E-state index is 5.78. The van der Waals surface area contributed by atoms with Gasteiger partial charge >= 0.3 is 0 Å². The van der Waals surface area contributed by atoms with E-state index in [1.54, 1.807) is 0 Å². The summed E-state index contributed by atoms with van der Waals surface area (Å²) in [5.41, 5.74) is 8.96. The van der Waals surface area contributed by atoms with E-state index >= 15 is 0 Å². The molecule has 0 fully saturated rings. The molecule has 1 aliphatic heterocycles. The number of aromatic nitrogens is 2. The van der Waals surface area contributed by atoms with Crippen molar-refractivity contribution in [3.63, 3.8) is 0 Å². The van der Waals surface area contributed by atoms with Crippen molar-refractivity contribution in [3.8, 4) is 5.69 Å². The number of fused-ring (bicyclic) bond motifs is 3. The van der Waals surface area contributed by atoms with Gasteiger partial charge in [0.1, 0.15) is 5.82 Å². The maximum Gasteiger partial charge on any atom is 0.127 e. The van der Waals surface area contributed by atoms with Crippen LogP contribution < -0.4 is 11.1 Å². The third-order valence-electron chi connectivity index (χ3n) is 2.68. The number of imidazole rings is 1. The number of nitrogens with one attached hydrogen (secondary N) is 1. The Morgan fingerprint density at radius 2 is 2.27 bits per heavy atom. The van der Waals surface area contributed by atoms with Gasteiger partial charge in [-0.25, -0.2) is 4.98 Å². The minimum atomic E-state index is 0.793. The Bertz CT molecular complexity index is 501. The van der Waals surface area contributed by atoms with Gasteiger partial charge in [-0.2, -0.15) is 0 Å². The van der Waals surface area contributed by atoms with Gasteiger partial charge in [-0.1, -0.05) is 0 Å². The SMILES string of the molecule is Nc1ccc2c(c1)CNCc1nccn1-2. The molecule has 3 rings (SSSR count). The van der Waals surface area contributed by atoms with E-state index < -0.39 is 0 Å². The number of nitrogens with zero attached hydrogens (tertiary/aromatic N) is 2. The number of hydrogen-bond acceptors (Lipinski definition) is 3. The summed E-state index contributed by atoms with van der Waals surface area (Å²) < 4.78 is 2.11.